The predicted octanol–water partition coefficient (Wildman–Crippen LogP) is 2.19. The number of carbonyl (C=O) groups excluding carboxylic acids is 1. The second-order valence-corrected chi connectivity index (χ2v) is 10.4. The summed E-state index contributed by atoms with van der Waals surface area (Å²) in [6, 6.07) is 11.3. The van der Waals surface area contributed by atoms with Crippen LogP contribution in [0.3, 0.4) is 0 Å². The van der Waals surface area contributed by atoms with E-state index in [1.807, 2.05) is 0 Å². The maximum Gasteiger partial charge on any atom is 0.322 e. The predicted molar refractivity (Wildman–Crippen MR) is 105 cm³/mol. The van der Waals surface area contributed by atoms with Gasteiger partial charge in [-0.1, -0.05) is 18.1 Å². The van der Waals surface area contributed by atoms with Crippen molar-refractivity contribution in [2.75, 3.05) is 17.3 Å². The molecule has 0 saturated carbocycles. The summed E-state index contributed by atoms with van der Waals surface area (Å²) in [6.07, 6.45) is 1.05. The van der Waals surface area contributed by atoms with Crippen LogP contribution in [0.25, 0.3) is 11.5 Å². The number of nitrogens with one attached hydrogen (secondary N) is 1. The van der Waals surface area contributed by atoms with Gasteiger partial charge in [0.2, 0.25) is 5.89 Å². The van der Waals surface area contributed by atoms with Crippen LogP contribution >= 0.6 is 0 Å². The van der Waals surface area contributed by atoms with E-state index < -0.39 is 25.6 Å². The van der Waals surface area contributed by atoms with E-state index in [0.717, 1.165) is 6.26 Å². The molecule has 0 aliphatic rings. The Morgan fingerprint density at radius 3 is 2.31 bits per heavy atom. The van der Waals surface area contributed by atoms with Crippen molar-refractivity contribution in [1.29, 1.82) is 0 Å². The van der Waals surface area contributed by atoms with Crippen LogP contribution in [-0.2, 0) is 19.7 Å². The zero-order valence-corrected chi connectivity index (χ0v) is 17.1. The van der Waals surface area contributed by atoms with Crippen molar-refractivity contribution in [3.8, 4) is 11.5 Å². The maximum atomic E-state index is 12.3. The van der Waals surface area contributed by atoms with Gasteiger partial charge in [-0.2, -0.15) is 0 Å². The number of hydrogen-bond acceptors (Lipinski definition) is 8. The van der Waals surface area contributed by atoms with Crippen LogP contribution in [0.15, 0.2) is 62.7 Å². The lowest BCUT2D eigenvalue weighted by atomic mass is 10.2. The highest BCUT2D eigenvalue weighted by atomic mass is 32.2. The molecule has 0 spiro atoms. The van der Waals surface area contributed by atoms with E-state index in [9.17, 15) is 21.6 Å². The molecule has 0 radical (unpaired) electrons. The van der Waals surface area contributed by atoms with Crippen LogP contribution < -0.4 is 5.32 Å². The molecule has 1 heterocycles. The number of benzene rings is 2. The van der Waals surface area contributed by atoms with Gasteiger partial charge >= 0.3 is 6.01 Å². The second-order valence-electron chi connectivity index (χ2n) is 6.09. The number of sulfone groups is 2. The lowest BCUT2D eigenvalue weighted by Gasteiger charge is -2.03. The number of rotatable bonds is 6. The Labute approximate surface area is 167 Å². The number of hydrogen-bond donors (Lipinski definition) is 1. The third kappa shape index (κ3) is 4.69. The summed E-state index contributed by atoms with van der Waals surface area (Å²) in [6.45, 7) is 1.56. The highest BCUT2D eigenvalue weighted by Crippen LogP contribution is 2.22. The quantitative estimate of drug-likeness (QED) is 0.622. The summed E-state index contributed by atoms with van der Waals surface area (Å²) in [5, 5.41) is 9.96. The van der Waals surface area contributed by atoms with Gasteiger partial charge < -0.3 is 4.42 Å². The molecule has 29 heavy (non-hydrogen) atoms. The average molecular weight is 435 g/mol. The van der Waals surface area contributed by atoms with E-state index in [2.05, 4.69) is 15.5 Å². The standard InChI is InChI=1S/C18H17N3O6S2/c1-3-29(25,26)14-9-7-12(8-10-14)17-20-21-18(27-17)19-16(22)13-5-4-6-15(11-13)28(2,23)24/h4-11H,3H2,1-2H3,(H,19,21,22). The SMILES string of the molecule is CCS(=O)(=O)c1ccc(-c2nnc(NC(=O)c3cccc(S(C)(=O)=O)c3)o2)cc1. The Balaban J connectivity index is 1.78. The van der Waals surface area contributed by atoms with Gasteiger partial charge in [-0.05, 0) is 42.5 Å². The molecule has 1 amide bonds. The zero-order valence-electron chi connectivity index (χ0n) is 15.5. The van der Waals surface area contributed by atoms with Crippen molar-refractivity contribution in [3.05, 3.63) is 54.1 Å². The molecule has 0 bridgehead atoms. The Morgan fingerprint density at radius 1 is 1.00 bits per heavy atom. The van der Waals surface area contributed by atoms with Gasteiger partial charge in [-0.3, -0.25) is 10.1 Å². The molecule has 0 atom stereocenters. The van der Waals surface area contributed by atoms with Crippen LogP contribution in [0.1, 0.15) is 17.3 Å². The van der Waals surface area contributed by atoms with E-state index in [0.29, 0.717) is 5.56 Å². The summed E-state index contributed by atoms with van der Waals surface area (Å²) in [5.41, 5.74) is 0.592. The van der Waals surface area contributed by atoms with Crippen molar-refractivity contribution in [2.45, 2.75) is 16.7 Å². The fourth-order valence-corrected chi connectivity index (χ4v) is 3.95. The average Bonchev–Trinajstić information content (AvgIpc) is 3.16. The van der Waals surface area contributed by atoms with Crippen LogP contribution in [0.4, 0.5) is 6.01 Å². The van der Waals surface area contributed by atoms with E-state index in [-0.39, 0.29) is 33.0 Å². The minimum atomic E-state index is -3.45. The number of amides is 1. The first-order valence-electron chi connectivity index (χ1n) is 8.38. The topological polar surface area (TPSA) is 136 Å². The van der Waals surface area contributed by atoms with E-state index in [1.165, 1.54) is 48.5 Å². The molecular formula is C18H17N3O6S2. The van der Waals surface area contributed by atoms with Crippen LogP contribution in [0.5, 0.6) is 0 Å². The molecule has 3 aromatic rings. The lowest BCUT2D eigenvalue weighted by molar-refractivity contribution is 0.102. The van der Waals surface area contributed by atoms with Gasteiger partial charge in [0.15, 0.2) is 19.7 Å². The molecule has 0 saturated heterocycles. The first-order valence-corrected chi connectivity index (χ1v) is 11.9. The molecule has 0 unspecified atom stereocenters. The third-order valence-corrected chi connectivity index (χ3v) is 6.87. The summed E-state index contributed by atoms with van der Waals surface area (Å²) in [7, 11) is -6.77. The molecule has 2 aromatic carbocycles. The minimum Gasteiger partial charge on any atom is -0.403 e. The Hall–Kier alpha value is -3.05. The first-order chi connectivity index (χ1) is 13.6. The largest absolute Gasteiger partial charge is 0.403 e. The Morgan fingerprint density at radius 2 is 1.69 bits per heavy atom. The van der Waals surface area contributed by atoms with Crippen molar-refractivity contribution >= 4 is 31.6 Å². The number of anilines is 1. The summed E-state index contributed by atoms with van der Waals surface area (Å²) in [4.78, 5) is 12.5. The van der Waals surface area contributed by atoms with Crippen molar-refractivity contribution in [1.82, 2.24) is 10.2 Å². The Bertz CT molecular complexity index is 1260. The third-order valence-electron chi connectivity index (χ3n) is 4.01. The van der Waals surface area contributed by atoms with Gasteiger partial charge in [0.25, 0.3) is 5.91 Å². The highest BCUT2D eigenvalue weighted by Gasteiger charge is 2.16. The van der Waals surface area contributed by atoms with Gasteiger partial charge in [0.1, 0.15) is 0 Å². The molecule has 3 rings (SSSR count). The van der Waals surface area contributed by atoms with Gasteiger partial charge in [-0.15, -0.1) is 5.10 Å². The molecule has 1 N–H and O–H groups in total. The first kappa shape index (κ1) is 20.7. The van der Waals surface area contributed by atoms with Gasteiger partial charge in [0, 0.05) is 17.4 Å². The molecule has 0 aliphatic carbocycles. The molecule has 0 aliphatic heterocycles. The number of nitrogens with zero attached hydrogens (tertiary/aromatic N) is 2. The summed E-state index contributed by atoms with van der Waals surface area (Å²) >= 11 is 0. The summed E-state index contributed by atoms with van der Waals surface area (Å²) in [5.74, 6) is -0.537. The monoisotopic (exact) mass is 435 g/mol. The van der Waals surface area contributed by atoms with E-state index in [4.69, 9.17) is 4.42 Å². The molecule has 1 aromatic heterocycles. The molecule has 152 valence electrons. The molecular weight excluding hydrogens is 418 g/mol. The minimum absolute atomic E-state index is 0.0103. The fourth-order valence-electron chi connectivity index (χ4n) is 2.40. The normalized spacial score (nSPS) is 11.9. The van der Waals surface area contributed by atoms with Gasteiger partial charge in [-0.25, -0.2) is 16.8 Å². The molecule has 9 nitrogen and oxygen atoms in total. The van der Waals surface area contributed by atoms with Crippen molar-refractivity contribution in [3.63, 3.8) is 0 Å². The van der Waals surface area contributed by atoms with Crippen LogP contribution in [-0.4, -0.2) is 44.9 Å². The molecule has 11 heteroatoms. The summed E-state index contributed by atoms with van der Waals surface area (Å²) < 4.78 is 52.3. The highest BCUT2D eigenvalue weighted by molar-refractivity contribution is 7.91. The van der Waals surface area contributed by atoms with E-state index in [1.54, 1.807) is 6.92 Å². The number of carbonyl (C=O) groups is 1. The van der Waals surface area contributed by atoms with Crippen molar-refractivity contribution in [2.24, 2.45) is 0 Å². The smallest absolute Gasteiger partial charge is 0.322 e. The molecule has 0 fully saturated rings. The number of aromatic nitrogens is 2. The van der Waals surface area contributed by atoms with E-state index >= 15 is 0 Å². The van der Waals surface area contributed by atoms with Gasteiger partial charge in [0.05, 0.1) is 15.5 Å². The fraction of sp³-hybridized carbons (Fsp3) is 0.167. The second kappa shape index (κ2) is 7.76. The van der Waals surface area contributed by atoms with Crippen molar-refractivity contribution < 1.29 is 26.0 Å². The van der Waals surface area contributed by atoms with Crippen LogP contribution in [0.2, 0.25) is 0 Å². The lowest BCUT2D eigenvalue weighted by Crippen LogP contribution is -2.13. The van der Waals surface area contributed by atoms with Crippen LogP contribution in [0, 0.1) is 0 Å². The Kier molecular flexibility index (Phi) is 5.53. The zero-order chi connectivity index (χ0) is 21.2. The maximum absolute atomic E-state index is 12.3.